The van der Waals surface area contributed by atoms with Crippen LogP contribution >= 0.6 is 0 Å². The zero-order valence-electron chi connectivity index (χ0n) is 18.2. The first kappa shape index (κ1) is 21.3. The Morgan fingerprint density at radius 1 is 0.750 bits per heavy atom. The number of pyridine rings is 1. The molecule has 172 valence electrons. The molecule has 0 atom stereocenters. The molecule has 0 N–H and O–H groups in total. The van der Waals surface area contributed by atoms with Gasteiger partial charge in [0.25, 0.3) is 0 Å². The minimum absolute atomic E-state index is 0.205. The van der Waals surface area contributed by atoms with Crippen LogP contribution in [0.15, 0.2) is 30.7 Å². The topological polar surface area (TPSA) is 48.4 Å². The zero-order chi connectivity index (χ0) is 22.2. The van der Waals surface area contributed by atoms with E-state index < -0.39 is 11.9 Å². The van der Waals surface area contributed by atoms with Gasteiger partial charge in [0, 0.05) is 39.3 Å². The van der Waals surface area contributed by atoms with E-state index in [9.17, 15) is 13.2 Å². The molecular weight excluding hydrogens is 417 g/mol. The van der Waals surface area contributed by atoms with Crippen molar-refractivity contribution in [1.29, 1.82) is 0 Å². The first-order chi connectivity index (χ1) is 15.4. The molecule has 5 rings (SSSR count). The quantitative estimate of drug-likeness (QED) is 0.698. The molecule has 3 fully saturated rings. The molecule has 32 heavy (non-hydrogen) atoms. The number of nitrogens with zero attached hydrogens (tertiary/aromatic N) is 6. The Morgan fingerprint density at radius 2 is 1.38 bits per heavy atom. The van der Waals surface area contributed by atoms with Crippen LogP contribution in [0.2, 0.25) is 0 Å². The van der Waals surface area contributed by atoms with Crippen LogP contribution in [0.25, 0.3) is 0 Å². The summed E-state index contributed by atoms with van der Waals surface area (Å²) in [6, 6.07) is 2.63. The van der Waals surface area contributed by atoms with Gasteiger partial charge in [-0.3, -0.25) is 4.98 Å². The average molecular weight is 447 g/mol. The number of alkyl halides is 3. The molecule has 0 amide bonds. The molecule has 3 saturated heterocycles. The fourth-order valence-corrected chi connectivity index (χ4v) is 5.29. The molecule has 3 aliphatic rings. The van der Waals surface area contributed by atoms with Crippen molar-refractivity contribution in [2.75, 3.05) is 54.0 Å². The van der Waals surface area contributed by atoms with E-state index in [1.807, 2.05) is 12.4 Å². The Labute approximate surface area is 186 Å². The highest BCUT2D eigenvalue weighted by molar-refractivity contribution is 5.48. The lowest BCUT2D eigenvalue weighted by molar-refractivity contribution is -0.141. The average Bonchev–Trinajstić information content (AvgIpc) is 3.23. The minimum Gasteiger partial charge on any atom is -0.370 e. The van der Waals surface area contributed by atoms with Crippen molar-refractivity contribution >= 4 is 17.3 Å². The highest BCUT2D eigenvalue weighted by Gasteiger charge is 2.41. The zero-order valence-corrected chi connectivity index (χ0v) is 18.2. The fraction of sp³-hybridized carbons (Fsp3) is 0.609. The van der Waals surface area contributed by atoms with Crippen LogP contribution in [0.1, 0.15) is 44.2 Å². The lowest BCUT2D eigenvalue weighted by atomic mass is 9.78. The van der Waals surface area contributed by atoms with Crippen LogP contribution in [0.5, 0.6) is 0 Å². The lowest BCUT2D eigenvalue weighted by Gasteiger charge is -2.40. The second-order valence-corrected chi connectivity index (χ2v) is 9.34. The van der Waals surface area contributed by atoms with Gasteiger partial charge in [0.2, 0.25) is 0 Å². The van der Waals surface area contributed by atoms with Gasteiger partial charge < -0.3 is 14.7 Å². The van der Waals surface area contributed by atoms with Gasteiger partial charge in [-0.15, -0.1) is 0 Å². The Hall–Kier alpha value is -2.58. The fourth-order valence-electron chi connectivity index (χ4n) is 5.29. The summed E-state index contributed by atoms with van der Waals surface area (Å²) in [6.07, 6.45) is 7.56. The van der Waals surface area contributed by atoms with Gasteiger partial charge in [0.1, 0.15) is 17.3 Å². The minimum atomic E-state index is -4.40. The summed E-state index contributed by atoms with van der Waals surface area (Å²) >= 11 is 0. The van der Waals surface area contributed by atoms with Gasteiger partial charge in [-0.25, -0.2) is 9.97 Å². The maximum absolute atomic E-state index is 12.8. The number of aromatic nitrogens is 3. The second kappa shape index (κ2) is 8.41. The van der Waals surface area contributed by atoms with Crippen molar-refractivity contribution in [3.63, 3.8) is 0 Å². The number of hydrogen-bond acceptors (Lipinski definition) is 6. The number of halogens is 3. The van der Waals surface area contributed by atoms with Crippen molar-refractivity contribution < 1.29 is 13.2 Å². The summed E-state index contributed by atoms with van der Waals surface area (Å²) in [5, 5.41) is 0. The summed E-state index contributed by atoms with van der Waals surface area (Å²) in [7, 11) is 0. The second-order valence-electron chi connectivity index (χ2n) is 9.34. The van der Waals surface area contributed by atoms with Crippen molar-refractivity contribution in [3.8, 4) is 0 Å². The number of piperidine rings is 2. The molecule has 0 unspecified atom stereocenters. The summed E-state index contributed by atoms with van der Waals surface area (Å²) < 4.78 is 38.4. The monoisotopic (exact) mass is 446 g/mol. The maximum Gasteiger partial charge on any atom is 0.433 e. The molecule has 0 radical (unpaired) electrons. The molecule has 5 heterocycles. The maximum atomic E-state index is 12.8. The van der Waals surface area contributed by atoms with E-state index in [0.29, 0.717) is 0 Å². The summed E-state index contributed by atoms with van der Waals surface area (Å²) in [5.41, 5.74) is 0.144. The van der Waals surface area contributed by atoms with E-state index in [-0.39, 0.29) is 5.41 Å². The van der Waals surface area contributed by atoms with Gasteiger partial charge >= 0.3 is 6.18 Å². The first-order valence-corrected chi connectivity index (χ1v) is 11.5. The third-order valence-electron chi connectivity index (χ3n) is 7.28. The van der Waals surface area contributed by atoms with E-state index in [2.05, 4.69) is 24.7 Å². The third kappa shape index (κ3) is 4.34. The van der Waals surface area contributed by atoms with Gasteiger partial charge in [-0.2, -0.15) is 13.2 Å². The molecule has 3 aliphatic heterocycles. The van der Waals surface area contributed by atoms with Gasteiger partial charge in [0.05, 0.1) is 24.3 Å². The van der Waals surface area contributed by atoms with Crippen molar-refractivity contribution in [3.05, 3.63) is 36.4 Å². The van der Waals surface area contributed by atoms with E-state index in [0.717, 1.165) is 81.9 Å². The molecule has 2 aromatic rings. The third-order valence-corrected chi connectivity index (χ3v) is 7.28. The highest BCUT2D eigenvalue weighted by Crippen LogP contribution is 2.42. The Kier molecular flexibility index (Phi) is 5.59. The molecule has 0 aliphatic carbocycles. The lowest BCUT2D eigenvalue weighted by Crippen LogP contribution is -2.42. The van der Waals surface area contributed by atoms with Gasteiger partial charge in [-0.1, -0.05) is 0 Å². The summed E-state index contributed by atoms with van der Waals surface area (Å²) in [5.74, 6) is 1.93. The largest absolute Gasteiger partial charge is 0.433 e. The van der Waals surface area contributed by atoms with Crippen LogP contribution < -0.4 is 14.7 Å². The molecule has 0 saturated carbocycles. The predicted molar refractivity (Wildman–Crippen MR) is 118 cm³/mol. The van der Waals surface area contributed by atoms with Crippen LogP contribution in [-0.2, 0) is 6.18 Å². The smallest absolute Gasteiger partial charge is 0.370 e. The van der Waals surface area contributed by atoms with Crippen LogP contribution in [0.3, 0.4) is 0 Å². The van der Waals surface area contributed by atoms with Crippen molar-refractivity contribution in [2.45, 2.75) is 44.7 Å². The standard InChI is InChI=1S/C23H29F3N6/c24-23(25,26)19-5-4-18(14-28-19)32-13-8-22(17-32)6-11-31(12-7-22)21-16-27-15-20(29-21)30-9-2-1-3-10-30/h4-5,14-16H,1-3,6-13,17H2. The molecule has 0 aromatic carbocycles. The summed E-state index contributed by atoms with van der Waals surface area (Å²) in [4.78, 5) is 19.8. The predicted octanol–water partition coefficient (Wildman–Crippen LogP) is 4.38. The number of anilines is 3. The molecule has 1 spiro atoms. The first-order valence-electron chi connectivity index (χ1n) is 11.5. The molecule has 2 aromatic heterocycles. The SMILES string of the molecule is FC(F)(F)c1ccc(N2CCC3(CCN(c4cncc(N5CCCCC5)n4)CC3)C2)cn1. The molecule has 6 nitrogen and oxygen atoms in total. The highest BCUT2D eigenvalue weighted by atomic mass is 19.4. The molecule has 9 heteroatoms. The number of hydrogen-bond donors (Lipinski definition) is 0. The molecular formula is C23H29F3N6. The van der Waals surface area contributed by atoms with Crippen LogP contribution in [-0.4, -0.2) is 54.2 Å². The van der Waals surface area contributed by atoms with E-state index >= 15 is 0 Å². The summed E-state index contributed by atoms with van der Waals surface area (Å²) in [6.45, 7) is 5.69. The van der Waals surface area contributed by atoms with Gasteiger partial charge in [-0.05, 0) is 56.1 Å². The normalized spacial score (nSPS) is 21.4. The van der Waals surface area contributed by atoms with Crippen LogP contribution in [0.4, 0.5) is 30.5 Å². The van der Waals surface area contributed by atoms with E-state index in [1.54, 1.807) is 6.07 Å². The van der Waals surface area contributed by atoms with Crippen LogP contribution in [0, 0.1) is 5.41 Å². The Bertz CT molecular complexity index is 918. The van der Waals surface area contributed by atoms with Gasteiger partial charge in [0.15, 0.2) is 0 Å². The van der Waals surface area contributed by atoms with E-state index in [1.165, 1.54) is 25.5 Å². The van der Waals surface area contributed by atoms with Crippen molar-refractivity contribution in [2.24, 2.45) is 5.41 Å². The Balaban J connectivity index is 1.20. The van der Waals surface area contributed by atoms with Crippen molar-refractivity contribution in [1.82, 2.24) is 15.0 Å². The Morgan fingerprint density at radius 3 is 1.97 bits per heavy atom. The number of rotatable bonds is 3. The van der Waals surface area contributed by atoms with E-state index in [4.69, 9.17) is 4.98 Å². The molecule has 0 bridgehead atoms.